The van der Waals surface area contributed by atoms with Gasteiger partial charge in [-0.05, 0) is 43.7 Å². The Labute approximate surface area is 150 Å². The number of hydrogen-bond acceptors (Lipinski definition) is 3. The summed E-state index contributed by atoms with van der Waals surface area (Å²) < 4.78 is 5.45. The van der Waals surface area contributed by atoms with E-state index in [1.807, 2.05) is 6.07 Å². The molecule has 1 aliphatic rings. The molecule has 0 N–H and O–H groups in total. The number of nitriles is 1. The van der Waals surface area contributed by atoms with Crippen LogP contribution in [-0.2, 0) is 4.79 Å². The first-order chi connectivity index (χ1) is 11.6. The van der Waals surface area contributed by atoms with Gasteiger partial charge in [0.1, 0.15) is 11.8 Å². The van der Waals surface area contributed by atoms with Crippen LogP contribution in [0, 0.1) is 23.2 Å². The Hall–Kier alpha value is -1.53. The number of benzene rings is 1. The monoisotopic (exact) mass is 347 g/mol. The summed E-state index contributed by atoms with van der Waals surface area (Å²) in [5.41, 5.74) is 0.389. The lowest BCUT2D eigenvalue weighted by Crippen LogP contribution is -2.25. The Morgan fingerprint density at radius 1 is 1.25 bits per heavy atom. The van der Waals surface area contributed by atoms with Crippen molar-refractivity contribution in [3.8, 4) is 11.8 Å². The number of hydrogen-bond donors (Lipinski definition) is 0. The number of esters is 1. The van der Waals surface area contributed by atoms with Gasteiger partial charge in [0.25, 0.3) is 0 Å². The van der Waals surface area contributed by atoms with Crippen molar-refractivity contribution in [3.05, 3.63) is 28.8 Å². The highest BCUT2D eigenvalue weighted by Crippen LogP contribution is 2.33. The van der Waals surface area contributed by atoms with Crippen LogP contribution in [0.2, 0.25) is 5.02 Å². The molecule has 1 aliphatic carbocycles. The lowest BCUT2D eigenvalue weighted by atomic mass is 9.80. The van der Waals surface area contributed by atoms with Crippen molar-refractivity contribution in [1.82, 2.24) is 0 Å². The Bertz CT molecular complexity index is 586. The minimum atomic E-state index is -0.166. The van der Waals surface area contributed by atoms with E-state index in [-0.39, 0.29) is 11.9 Å². The van der Waals surface area contributed by atoms with Crippen molar-refractivity contribution in [2.45, 2.75) is 64.7 Å². The predicted molar refractivity (Wildman–Crippen MR) is 96.0 cm³/mol. The smallest absolute Gasteiger partial charge is 0.314 e. The molecule has 1 aromatic rings. The van der Waals surface area contributed by atoms with E-state index in [1.54, 1.807) is 12.1 Å². The van der Waals surface area contributed by atoms with Crippen LogP contribution >= 0.6 is 11.6 Å². The van der Waals surface area contributed by atoms with Crippen LogP contribution in [0.25, 0.3) is 0 Å². The van der Waals surface area contributed by atoms with E-state index in [1.165, 1.54) is 38.2 Å². The summed E-state index contributed by atoms with van der Waals surface area (Å²) in [6, 6.07) is 6.74. The third-order valence-corrected chi connectivity index (χ3v) is 5.24. The Morgan fingerprint density at radius 3 is 2.62 bits per heavy atom. The van der Waals surface area contributed by atoms with Crippen LogP contribution in [0.1, 0.15) is 70.3 Å². The zero-order valence-corrected chi connectivity index (χ0v) is 15.1. The number of rotatable bonds is 7. The highest BCUT2D eigenvalue weighted by Gasteiger charge is 2.27. The largest absolute Gasteiger partial charge is 0.426 e. The quantitative estimate of drug-likeness (QED) is 0.351. The topological polar surface area (TPSA) is 50.1 Å². The molecular weight excluding hydrogens is 322 g/mol. The molecule has 0 spiro atoms. The average Bonchev–Trinajstić information content (AvgIpc) is 2.59. The summed E-state index contributed by atoms with van der Waals surface area (Å²) in [4.78, 5) is 12.3. The zero-order valence-electron chi connectivity index (χ0n) is 14.4. The second-order valence-corrected chi connectivity index (χ2v) is 7.15. The summed E-state index contributed by atoms with van der Waals surface area (Å²) in [6.07, 6.45) is 10.6. The molecule has 4 heteroatoms. The molecule has 0 radical (unpaired) electrons. The molecule has 1 fully saturated rings. The molecule has 1 aromatic carbocycles. The number of carbonyl (C=O) groups excluding carboxylic acids is 1. The normalized spacial score (nSPS) is 20.4. The second kappa shape index (κ2) is 9.69. The molecule has 0 unspecified atom stereocenters. The van der Waals surface area contributed by atoms with Crippen molar-refractivity contribution in [3.63, 3.8) is 0 Å². The minimum Gasteiger partial charge on any atom is -0.426 e. The number of ether oxygens (including phenoxy) is 1. The molecule has 0 atom stereocenters. The third-order valence-electron chi connectivity index (χ3n) is 4.93. The van der Waals surface area contributed by atoms with Gasteiger partial charge in [0.05, 0.1) is 16.5 Å². The number of halogens is 1. The van der Waals surface area contributed by atoms with E-state index in [0.717, 1.165) is 31.6 Å². The van der Waals surface area contributed by atoms with Crippen LogP contribution in [0.15, 0.2) is 18.2 Å². The van der Waals surface area contributed by atoms with Crippen molar-refractivity contribution in [2.75, 3.05) is 0 Å². The van der Waals surface area contributed by atoms with Gasteiger partial charge in [-0.1, -0.05) is 50.6 Å². The standard InChI is InChI=1S/C20H26ClNO2/c1-2-3-4-5-6-15-7-9-16(10-8-15)20(23)24-18-12-11-17(14-22)19(21)13-18/h11-13,15-16H,2-10H2,1H3/t15-,16-. The van der Waals surface area contributed by atoms with E-state index < -0.39 is 0 Å². The molecule has 1 saturated carbocycles. The van der Waals surface area contributed by atoms with Crippen LogP contribution in [-0.4, -0.2) is 5.97 Å². The van der Waals surface area contributed by atoms with Crippen molar-refractivity contribution in [1.29, 1.82) is 5.26 Å². The fourth-order valence-corrected chi connectivity index (χ4v) is 3.61. The number of nitrogens with zero attached hydrogens (tertiary/aromatic N) is 1. The fraction of sp³-hybridized carbons (Fsp3) is 0.600. The molecule has 0 saturated heterocycles. The van der Waals surface area contributed by atoms with Gasteiger partial charge >= 0.3 is 5.97 Å². The fourth-order valence-electron chi connectivity index (χ4n) is 3.40. The second-order valence-electron chi connectivity index (χ2n) is 6.74. The lowest BCUT2D eigenvalue weighted by Gasteiger charge is -2.27. The molecule has 0 heterocycles. The highest BCUT2D eigenvalue weighted by molar-refractivity contribution is 6.31. The molecular formula is C20H26ClNO2. The van der Waals surface area contributed by atoms with Gasteiger partial charge in [-0.15, -0.1) is 0 Å². The summed E-state index contributed by atoms with van der Waals surface area (Å²) in [5, 5.41) is 9.19. The van der Waals surface area contributed by atoms with Crippen molar-refractivity contribution in [2.24, 2.45) is 11.8 Å². The van der Waals surface area contributed by atoms with Gasteiger partial charge in [0, 0.05) is 6.07 Å². The van der Waals surface area contributed by atoms with Crippen LogP contribution in [0.3, 0.4) is 0 Å². The van der Waals surface area contributed by atoms with Gasteiger partial charge < -0.3 is 4.74 Å². The van der Waals surface area contributed by atoms with Gasteiger partial charge in [-0.25, -0.2) is 0 Å². The molecule has 0 aromatic heterocycles. The Morgan fingerprint density at radius 2 is 2.00 bits per heavy atom. The summed E-state index contributed by atoms with van der Waals surface area (Å²) in [5.74, 6) is 1.02. The average molecular weight is 348 g/mol. The maximum Gasteiger partial charge on any atom is 0.314 e. The molecule has 3 nitrogen and oxygen atoms in total. The lowest BCUT2D eigenvalue weighted by molar-refractivity contribution is -0.140. The SMILES string of the molecule is CCCCCC[C@H]1CC[C@H](C(=O)Oc2ccc(C#N)c(Cl)c2)CC1. The zero-order chi connectivity index (χ0) is 17.4. The van der Waals surface area contributed by atoms with Gasteiger partial charge in [-0.3, -0.25) is 4.79 Å². The summed E-state index contributed by atoms with van der Waals surface area (Å²) in [7, 11) is 0. The first-order valence-electron chi connectivity index (χ1n) is 9.05. The highest BCUT2D eigenvalue weighted by atomic mass is 35.5. The van der Waals surface area contributed by atoms with Crippen LogP contribution < -0.4 is 4.74 Å². The van der Waals surface area contributed by atoms with E-state index >= 15 is 0 Å². The minimum absolute atomic E-state index is 0.00805. The van der Waals surface area contributed by atoms with E-state index in [0.29, 0.717) is 16.3 Å². The van der Waals surface area contributed by atoms with Crippen LogP contribution in [0.4, 0.5) is 0 Å². The van der Waals surface area contributed by atoms with E-state index in [9.17, 15) is 4.79 Å². The molecule has 0 aliphatic heterocycles. The molecule has 0 amide bonds. The Kier molecular flexibility index (Phi) is 7.59. The number of unbranched alkanes of at least 4 members (excludes halogenated alkanes) is 3. The summed E-state index contributed by atoms with van der Waals surface area (Å²) in [6.45, 7) is 2.23. The molecule has 0 bridgehead atoms. The molecule has 2 rings (SSSR count). The summed E-state index contributed by atoms with van der Waals surface area (Å²) >= 11 is 5.97. The number of carbonyl (C=O) groups is 1. The van der Waals surface area contributed by atoms with E-state index in [2.05, 4.69) is 6.92 Å². The van der Waals surface area contributed by atoms with Crippen molar-refractivity contribution < 1.29 is 9.53 Å². The maximum absolute atomic E-state index is 12.3. The Balaban J connectivity index is 1.76. The first-order valence-corrected chi connectivity index (χ1v) is 9.43. The third kappa shape index (κ3) is 5.53. The maximum atomic E-state index is 12.3. The van der Waals surface area contributed by atoms with E-state index in [4.69, 9.17) is 21.6 Å². The van der Waals surface area contributed by atoms with Crippen LogP contribution in [0.5, 0.6) is 5.75 Å². The first kappa shape index (κ1) is 18.8. The van der Waals surface area contributed by atoms with Gasteiger partial charge in [0.2, 0.25) is 0 Å². The molecule has 24 heavy (non-hydrogen) atoms. The predicted octanol–water partition coefficient (Wildman–Crippen LogP) is 5.89. The molecule has 130 valence electrons. The van der Waals surface area contributed by atoms with Gasteiger partial charge in [0.15, 0.2) is 0 Å². The van der Waals surface area contributed by atoms with Crippen molar-refractivity contribution >= 4 is 17.6 Å². The van der Waals surface area contributed by atoms with Gasteiger partial charge in [-0.2, -0.15) is 5.26 Å².